The molecular weight excluding hydrogens is 295 g/mol. The van der Waals surface area contributed by atoms with Crippen LogP contribution in [0.15, 0.2) is 54.6 Å². The van der Waals surface area contributed by atoms with Crippen molar-refractivity contribution in [2.24, 2.45) is 0 Å². The van der Waals surface area contributed by atoms with E-state index in [-0.39, 0.29) is 0 Å². The van der Waals surface area contributed by atoms with E-state index in [9.17, 15) is 23.1 Å². The number of amides is 1. The normalized spacial score (nSPS) is 12.7. The number of hydrogen-bond acceptors (Lipinski definition) is 2. The van der Waals surface area contributed by atoms with Gasteiger partial charge in [-0.25, -0.2) is 0 Å². The first kappa shape index (κ1) is 16.0. The van der Waals surface area contributed by atoms with Crippen LogP contribution in [0.25, 0.3) is 0 Å². The van der Waals surface area contributed by atoms with Gasteiger partial charge in [0.25, 0.3) is 5.91 Å². The second-order valence-corrected chi connectivity index (χ2v) is 4.66. The number of aliphatic hydroxyl groups excluding tert-OH is 1. The van der Waals surface area contributed by atoms with Crippen molar-refractivity contribution in [3.63, 3.8) is 0 Å². The van der Waals surface area contributed by atoms with Gasteiger partial charge in [0.2, 0.25) is 0 Å². The molecule has 0 aliphatic heterocycles. The first-order valence-electron chi connectivity index (χ1n) is 6.56. The minimum Gasteiger partial charge on any atom is -0.394 e. The highest BCUT2D eigenvalue weighted by molar-refractivity contribution is 5.96. The summed E-state index contributed by atoms with van der Waals surface area (Å²) in [4.78, 5) is 12.1. The Kier molecular flexibility index (Phi) is 4.82. The molecule has 0 fully saturated rings. The van der Waals surface area contributed by atoms with Crippen LogP contribution in [0.3, 0.4) is 0 Å². The van der Waals surface area contributed by atoms with Crippen molar-refractivity contribution in [2.45, 2.75) is 12.2 Å². The first-order chi connectivity index (χ1) is 10.4. The van der Waals surface area contributed by atoms with Crippen LogP contribution in [0.4, 0.5) is 13.2 Å². The number of hydrogen-bond donors (Lipinski definition) is 2. The second kappa shape index (κ2) is 6.62. The number of rotatable bonds is 4. The Balaban J connectivity index is 2.26. The van der Waals surface area contributed by atoms with Crippen molar-refractivity contribution >= 4 is 5.91 Å². The smallest absolute Gasteiger partial charge is 0.394 e. The van der Waals surface area contributed by atoms with Gasteiger partial charge in [-0.3, -0.25) is 4.79 Å². The summed E-state index contributed by atoms with van der Waals surface area (Å²) in [6.45, 7) is -0.413. The number of benzene rings is 2. The van der Waals surface area contributed by atoms with Gasteiger partial charge >= 0.3 is 6.18 Å². The van der Waals surface area contributed by atoms with E-state index >= 15 is 0 Å². The molecule has 0 aliphatic rings. The number of alkyl halides is 3. The number of aliphatic hydroxyl groups is 1. The maximum atomic E-state index is 12.9. The Morgan fingerprint density at radius 1 is 1.05 bits per heavy atom. The fraction of sp³-hybridized carbons (Fsp3) is 0.188. The fourth-order valence-corrected chi connectivity index (χ4v) is 2.08. The topological polar surface area (TPSA) is 49.3 Å². The lowest BCUT2D eigenvalue weighted by molar-refractivity contribution is -0.137. The average molecular weight is 309 g/mol. The van der Waals surface area contributed by atoms with Crippen LogP contribution in [0.5, 0.6) is 0 Å². The zero-order valence-electron chi connectivity index (χ0n) is 11.5. The van der Waals surface area contributed by atoms with Gasteiger partial charge in [0.15, 0.2) is 0 Å². The quantitative estimate of drug-likeness (QED) is 0.911. The van der Waals surface area contributed by atoms with Crippen LogP contribution < -0.4 is 5.32 Å². The minimum absolute atomic E-state index is 0.413. The third-order valence-corrected chi connectivity index (χ3v) is 3.17. The Bertz CT molecular complexity index is 641. The number of carbonyl (C=O) groups excluding carboxylic acids is 1. The molecule has 2 aromatic rings. The van der Waals surface area contributed by atoms with Crippen molar-refractivity contribution in [3.05, 3.63) is 71.3 Å². The van der Waals surface area contributed by atoms with Crippen molar-refractivity contribution in [1.82, 2.24) is 5.32 Å². The van der Waals surface area contributed by atoms with E-state index in [1.165, 1.54) is 12.1 Å². The van der Waals surface area contributed by atoms with Crippen LogP contribution in [-0.2, 0) is 6.18 Å². The van der Waals surface area contributed by atoms with Gasteiger partial charge in [-0.15, -0.1) is 0 Å². The van der Waals surface area contributed by atoms with Crippen molar-refractivity contribution in [1.29, 1.82) is 0 Å². The molecule has 2 aromatic carbocycles. The molecule has 0 aromatic heterocycles. The third-order valence-electron chi connectivity index (χ3n) is 3.17. The van der Waals surface area contributed by atoms with Crippen molar-refractivity contribution < 1.29 is 23.1 Å². The Morgan fingerprint density at radius 3 is 2.23 bits per heavy atom. The van der Waals surface area contributed by atoms with Crippen molar-refractivity contribution in [3.8, 4) is 0 Å². The second-order valence-electron chi connectivity index (χ2n) is 4.66. The molecule has 0 saturated carbocycles. The number of carbonyl (C=O) groups is 1. The minimum atomic E-state index is -4.62. The highest BCUT2D eigenvalue weighted by Crippen LogP contribution is 2.32. The van der Waals surface area contributed by atoms with E-state index in [1.54, 1.807) is 30.3 Å². The van der Waals surface area contributed by atoms with Gasteiger partial charge in [-0.2, -0.15) is 13.2 Å². The zero-order chi connectivity index (χ0) is 16.2. The summed E-state index contributed by atoms with van der Waals surface area (Å²) in [5, 5.41) is 11.8. The SMILES string of the molecule is O=C(NC(CO)c1ccccc1)c1ccccc1C(F)(F)F. The predicted octanol–water partition coefficient (Wildman–Crippen LogP) is 3.17. The summed E-state index contributed by atoms with van der Waals surface area (Å²) < 4.78 is 38.8. The lowest BCUT2D eigenvalue weighted by Gasteiger charge is -2.18. The molecular formula is C16H14F3NO2. The third kappa shape index (κ3) is 3.65. The van der Waals surface area contributed by atoms with Crippen LogP contribution in [0.1, 0.15) is 27.5 Å². The molecule has 116 valence electrons. The van der Waals surface area contributed by atoms with E-state index < -0.39 is 35.9 Å². The maximum absolute atomic E-state index is 12.9. The highest BCUT2D eigenvalue weighted by atomic mass is 19.4. The fourth-order valence-electron chi connectivity index (χ4n) is 2.08. The molecule has 0 radical (unpaired) electrons. The van der Waals surface area contributed by atoms with Gasteiger partial charge in [0, 0.05) is 0 Å². The number of nitrogens with one attached hydrogen (secondary N) is 1. The summed E-state index contributed by atoms with van der Waals surface area (Å²) in [5.41, 5.74) is -0.857. The molecule has 3 nitrogen and oxygen atoms in total. The molecule has 0 aliphatic carbocycles. The van der Waals surface area contributed by atoms with Gasteiger partial charge in [-0.1, -0.05) is 42.5 Å². The zero-order valence-corrected chi connectivity index (χ0v) is 11.5. The van der Waals surface area contributed by atoms with E-state index in [4.69, 9.17) is 0 Å². The van der Waals surface area contributed by atoms with Gasteiger partial charge < -0.3 is 10.4 Å². The van der Waals surface area contributed by atoms with Crippen LogP contribution in [0, 0.1) is 0 Å². The van der Waals surface area contributed by atoms with E-state index in [0.717, 1.165) is 12.1 Å². The molecule has 1 amide bonds. The van der Waals surface area contributed by atoms with Crippen molar-refractivity contribution in [2.75, 3.05) is 6.61 Å². The molecule has 0 saturated heterocycles. The Morgan fingerprint density at radius 2 is 1.64 bits per heavy atom. The van der Waals surface area contributed by atoms with Gasteiger partial charge in [0.05, 0.1) is 23.8 Å². The Hall–Kier alpha value is -2.34. The Labute approximate surface area is 125 Å². The van der Waals surface area contributed by atoms with E-state index in [0.29, 0.717) is 5.56 Å². The molecule has 22 heavy (non-hydrogen) atoms. The van der Waals surface area contributed by atoms with Gasteiger partial charge in [0.1, 0.15) is 0 Å². The lowest BCUT2D eigenvalue weighted by atomic mass is 10.0. The van der Waals surface area contributed by atoms with E-state index in [2.05, 4.69) is 5.32 Å². The van der Waals surface area contributed by atoms with Crippen LogP contribution >= 0.6 is 0 Å². The standard InChI is InChI=1S/C16H14F3NO2/c17-16(18,19)13-9-5-4-8-12(13)15(22)20-14(10-21)11-6-2-1-3-7-11/h1-9,14,21H,10H2,(H,20,22). The molecule has 1 atom stereocenters. The monoisotopic (exact) mass is 309 g/mol. The summed E-state index contributed by atoms with van der Waals surface area (Å²) in [6.07, 6.45) is -4.62. The molecule has 2 rings (SSSR count). The first-order valence-corrected chi connectivity index (χ1v) is 6.56. The van der Waals surface area contributed by atoms with Gasteiger partial charge in [-0.05, 0) is 17.7 Å². The summed E-state index contributed by atoms with van der Waals surface area (Å²) in [7, 11) is 0. The largest absolute Gasteiger partial charge is 0.417 e. The average Bonchev–Trinajstić information content (AvgIpc) is 2.52. The predicted molar refractivity (Wildman–Crippen MR) is 75.2 cm³/mol. The number of halogens is 3. The maximum Gasteiger partial charge on any atom is 0.417 e. The lowest BCUT2D eigenvalue weighted by Crippen LogP contribution is -2.32. The molecule has 1 unspecified atom stereocenters. The highest BCUT2D eigenvalue weighted by Gasteiger charge is 2.35. The van der Waals surface area contributed by atoms with Crippen LogP contribution in [0.2, 0.25) is 0 Å². The molecule has 0 heterocycles. The summed E-state index contributed by atoms with van der Waals surface area (Å²) >= 11 is 0. The van der Waals surface area contributed by atoms with E-state index in [1.807, 2.05) is 0 Å². The summed E-state index contributed by atoms with van der Waals surface area (Å²) in [6, 6.07) is 12.3. The summed E-state index contributed by atoms with van der Waals surface area (Å²) in [5.74, 6) is -0.879. The van der Waals surface area contributed by atoms with Crippen LogP contribution in [-0.4, -0.2) is 17.6 Å². The molecule has 2 N–H and O–H groups in total. The molecule has 6 heteroatoms. The molecule has 0 spiro atoms. The molecule has 0 bridgehead atoms.